The van der Waals surface area contributed by atoms with Crippen molar-refractivity contribution in [2.75, 3.05) is 4.90 Å². The van der Waals surface area contributed by atoms with E-state index in [1.807, 2.05) is 24.3 Å². The van der Waals surface area contributed by atoms with Crippen LogP contribution in [0.25, 0.3) is 17.4 Å². The molecule has 128 valence electrons. The van der Waals surface area contributed by atoms with E-state index in [0.29, 0.717) is 27.1 Å². The van der Waals surface area contributed by atoms with Crippen LogP contribution in [0.5, 0.6) is 0 Å². The Morgan fingerprint density at radius 3 is 2.42 bits per heavy atom. The van der Waals surface area contributed by atoms with Crippen molar-refractivity contribution in [3.63, 3.8) is 0 Å². The predicted molar refractivity (Wildman–Crippen MR) is 104 cm³/mol. The summed E-state index contributed by atoms with van der Waals surface area (Å²) in [5, 5.41) is 0.253. The van der Waals surface area contributed by atoms with Crippen LogP contribution in [0.3, 0.4) is 0 Å². The third-order valence-electron chi connectivity index (χ3n) is 3.85. The van der Waals surface area contributed by atoms with E-state index in [1.54, 1.807) is 48.5 Å². The van der Waals surface area contributed by atoms with Crippen LogP contribution < -0.4 is 4.90 Å². The third kappa shape index (κ3) is 3.07. The molecule has 26 heavy (non-hydrogen) atoms. The van der Waals surface area contributed by atoms with Crippen LogP contribution >= 0.6 is 23.4 Å². The Morgan fingerprint density at radius 1 is 0.923 bits per heavy atom. The number of thioether (sulfide) groups is 1. The van der Waals surface area contributed by atoms with Gasteiger partial charge in [0, 0.05) is 11.6 Å². The summed E-state index contributed by atoms with van der Waals surface area (Å²) in [4.78, 5) is 26.3. The third-order valence-corrected chi connectivity index (χ3v) is 5.05. The van der Waals surface area contributed by atoms with Gasteiger partial charge < -0.3 is 4.42 Å². The summed E-state index contributed by atoms with van der Waals surface area (Å²) in [7, 11) is 0. The highest BCUT2D eigenvalue weighted by atomic mass is 35.5. The van der Waals surface area contributed by atoms with Crippen LogP contribution in [-0.4, -0.2) is 11.1 Å². The van der Waals surface area contributed by atoms with Crippen molar-refractivity contribution < 1.29 is 14.0 Å². The maximum atomic E-state index is 12.6. The molecule has 1 aromatic heterocycles. The highest BCUT2D eigenvalue weighted by Crippen LogP contribution is 2.36. The number of benzene rings is 2. The summed E-state index contributed by atoms with van der Waals surface area (Å²) in [5.41, 5.74) is 1.32. The van der Waals surface area contributed by atoms with Crippen molar-refractivity contribution >= 4 is 46.3 Å². The van der Waals surface area contributed by atoms with E-state index in [4.69, 9.17) is 16.0 Å². The van der Waals surface area contributed by atoms with E-state index in [2.05, 4.69) is 0 Å². The van der Waals surface area contributed by atoms with E-state index in [0.717, 1.165) is 22.2 Å². The first-order chi connectivity index (χ1) is 12.6. The number of nitrogens with zero attached hydrogens (tertiary/aromatic N) is 1. The van der Waals surface area contributed by atoms with Crippen LogP contribution in [0.4, 0.5) is 10.5 Å². The van der Waals surface area contributed by atoms with Gasteiger partial charge in [-0.3, -0.25) is 9.59 Å². The quantitative estimate of drug-likeness (QED) is 0.535. The van der Waals surface area contributed by atoms with Crippen LogP contribution in [0.1, 0.15) is 5.76 Å². The van der Waals surface area contributed by atoms with Gasteiger partial charge in [-0.2, -0.15) is 0 Å². The molecule has 3 aromatic rings. The number of carbonyl (C=O) groups is 2. The van der Waals surface area contributed by atoms with Crippen LogP contribution in [0, 0.1) is 0 Å². The smallest absolute Gasteiger partial charge is 0.298 e. The number of amides is 2. The minimum atomic E-state index is -0.359. The fourth-order valence-electron chi connectivity index (χ4n) is 2.63. The molecule has 2 amide bonds. The van der Waals surface area contributed by atoms with Gasteiger partial charge in [-0.15, -0.1) is 0 Å². The minimum absolute atomic E-state index is 0.318. The summed E-state index contributed by atoms with van der Waals surface area (Å²) in [6, 6.07) is 19.7. The number of hydrogen-bond donors (Lipinski definition) is 0. The van der Waals surface area contributed by atoms with E-state index < -0.39 is 0 Å². The second kappa shape index (κ2) is 6.86. The van der Waals surface area contributed by atoms with E-state index in [-0.39, 0.29) is 11.1 Å². The lowest BCUT2D eigenvalue weighted by Crippen LogP contribution is -2.27. The van der Waals surface area contributed by atoms with Gasteiger partial charge >= 0.3 is 0 Å². The normalized spacial score (nSPS) is 15.9. The van der Waals surface area contributed by atoms with E-state index in [1.165, 1.54) is 0 Å². The van der Waals surface area contributed by atoms with Crippen molar-refractivity contribution in [1.29, 1.82) is 0 Å². The largest absolute Gasteiger partial charge is 0.457 e. The monoisotopic (exact) mass is 381 g/mol. The fraction of sp³-hybridized carbons (Fsp3) is 0. The molecular weight excluding hydrogens is 370 g/mol. The molecule has 2 heterocycles. The molecule has 0 N–H and O–H groups in total. The van der Waals surface area contributed by atoms with Crippen molar-refractivity contribution in [2.24, 2.45) is 0 Å². The summed E-state index contributed by atoms with van der Waals surface area (Å²) >= 11 is 7.07. The maximum Gasteiger partial charge on any atom is 0.298 e. The zero-order valence-electron chi connectivity index (χ0n) is 13.4. The lowest BCUT2D eigenvalue weighted by molar-refractivity contribution is -0.113. The second-order valence-electron chi connectivity index (χ2n) is 5.53. The Bertz CT molecular complexity index is 1030. The average Bonchev–Trinajstić information content (AvgIpc) is 3.21. The van der Waals surface area contributed by atoms with Crippen LogP contribution in [0.15, 0.2) is 76.1 Å². The molecule has 1 fully saturated rings. The standard InChI is InChI=1S/C20H12ClNO3S/c21-16-9-5-4-8-15(16)17-11-10-14(25-17)12-18-19(23)22(20(24)26-18)13-6-2-1-3-7-13/h1-12H. The zero-order chi connectivity index (χ0) is 18.1. The van der Waals surface area contributed by atoms with E-state index in [9.17, 15) is 9.59 Å². The van der Waals surface area contributed by atoms with Gasteiger partial charge in [0.25, 0.3) is 11.1 Å². The summed E-state index contributed by atoms with van der Waals surface area (Å²) < 4.78 is 5.78. The van der Waals surface area contributed by atoms with Gasteiger partial charge in [-0.1, -0.05) is 41.9 Å². The van der Waals surface area contributed by atoms with Gasteiger partial charge in [-0.25, -0.2) is 4.90 Å². The molecule has 2 aromatic carbocycles. The van der Waals surface area contributed by atoms with Gasteiger partial charge in [0.1, 0.15) is 11.5 Å². The lowest BCUT2D eigenvalue weighted by Gasteiger charge is -2.11. The highest BCUT2D eigenvalue weighted by Gasteiger charge is 2.36. The SMILES string of the molecule is O=C1SC(=Cc2ccc(-c3ccccc3Cl)o2)C(=O)N1c1ccccc1. The number of anilines is 1. The highest BCUT2D eigenvalue weighted by molar-refractivity contribution is 8.19. The summed E-state index contributed by atoms with van der Waals surface area (Å²) in [6.45, 7) is 0. The zero-order valence-corrected chi connectivity index (χ0v) is 15.0. The van der Waals surface area contributed by atoms with Crippen LogP contribution in [-0.2, 0) is 4.79 Å². The van der Waals surface area contributed by atoms with Gasteiger partial charge in [0.2, 0.25) is 0 Å². The number of rotatable bonds is 3. The molecule has 0 aliphatic carbocycles. The van der Waals surface area contributed by atoms with Crippen molar-refractivity contribution in [3.05, 3.63) is 82.4 Å². The molecule has 1 aliphatic heterocycles. The molecule has 6 heteroatoms. The number of para-hydroxylation sites is 1. The van der Waals surface area contributed by atoms with Crippen molar-refractivity contribution in [2.45, 2.75) is 0 Å². The number of hydrogen-bond acceptors (Lipinski definition) is 4. The molecule has 0 spiro atoms. The molecule has 1 saturated heterocycles. The lowest BCUT2D eigenvalue weighted by atomic mass is 10.2. The first kappa shape index (κ1) is 16.7. The van der Waals surface area contributed by atoms with Crippen molar-refractivity contribution in [1.82, 2.24) is 0 Å². The maximum absolute atomic E-state index is 12.6. The molecule has 1 aliphatic rings. The van der Waals surface area contributed by atoms with Crippen molar-refractivity contribution in [3.8, 4) is 11.3 Å². The molecule has 0 saturated carbocycles. The van der Waals surface area contributed by atoms with E-state index >= 15 is 0 Å². The Labute approximate surface area is 159 Å². The average molecular weight is 382 g/mol. The number of imide groups is 1. The summed E-state index contributed by atoms with van der Waals surface area (Å²) in [5.74, 6) is 0.726. The van der Waals surface area contributed by atoms with Gasteiger partial charge in [0.05, 0.1) is 15.6 Å². The van der Waals surface area contributed by atoms with Gasteiger partial charge in [-0.05, 0) is 48.2 Å². The Kier molecular flexibility index (Phi) is 4.41. The minimum Gasteiger partial charge on any atom is -0.457 e. The first-order valence-electron chi connectivity index (χ1n) is 7.81. The number of carbonyl (C=O) groups excluding carboxylic acids is 2. The fourth-order valence-corrected chi connectivity index (χ4v) is 3.68. The first-order valence-corrected chi connectivity index (χ1v) is 9.01. The molecule has 0 atom stereocenters. The Morgan fingerprint density at radius 2 is 1.65 bits per heavy atom. The molecule has 4 nitrogen and oxygen atoms in total. The molecule has 4 rings (SSSR count). The second-order valence-corrected chi connectivity index (χ2v) is 6.93. The topological polar surface area (TPSA) is 50.5 Å². The molecule has 0 radical (unpaired) electrons. The molecule has 0 unspecified atom stereocenters. The number of halogens is 1. The van der Waals surface area contributed by atoms with Crippen LogP contribution in [0.2, 0.25) is 5.02 Å². The Hall–Kier alpha value is -2.76. The molecular formula is C20H12ClNO3S. The van der Waals surface area contributed by atoms with Gasteiger partial charge in [0.15, 0.2) is 0 Å². The number of furan rings is 1. The Balaban J connectivity index is 1.63. The summed E-state index contributed by atoms with van der Waals surface area (Å²) in [6.07, 6.45) is 1.58. The molecule has 0 bridgehead atoms. The predicted octanol–water partition coefficient (Wildman–Crippen LogP) is 5.84.